The first-order valence-corrected chi connectivity index (χ1v) is 6.82. The van der Waals surface area contributed by atoms with Crippen molar-refractivity contribution in [2.45, 2.75) is 25.3 Å². The summed E-state index contributed by atoms with van der Waals surface area (Å²) in [5.74, 6) is -0.649. The first-order chi connectivity index (χ1) is 10.1. The van der Waals surface area contributed by atoms with Gasteiger partial charge in [-0.2, -0.15) is 0 Å². The van der Waals surface area contributed by atoms with Crippen LogP contribution in [0.25, 0.3) is 0 Å². The lowest BCUT2D eigenvalue weighted by Gasteiger charge is -2.13. The Morgan fingerprint density at radius 1 is 1.24 bits per heavy atom. The van der Waals surface area contributed by atoms with Gasteiger partial charge in [0.25, 0.3) is 0 Å². The summed E-state index contributed by atoms with van der Waals surface area (Å²) in [7, 11) is 1.54. The van der Waals surface area contributed by atoms with Crippen molar-refractivity contribution in [1.29, 1.82) is 0 Å². The lowest BCUT2D eigenvalue weighted by atomic mass is 10.0. The number of carbonyl (C=O) groups excluding carboxylic acids is 1. The van der Waals surface area contributed by atoms with E-state index in [9.17, 15) is 9.59 Å². The summed E-state index contributed by atoms with van der Waals surface area (Å²) in [6, 6.07) is 5.64. The second-order valence-corrected chi connectivity index (χ2v) is 4.63. The van der Waals surface area contributed by atoms with Crippen LogP contribution in [-0.4, -0.2) is 48.3 Å². The number of carbonyl (C=O) groups is 2. The molecule has 1 aromatic carbocycles. The molecule has 0 aromatic heterocycles. The van der Waals surface area contributed by atoms with Gasteiger partial charge in [0.15, 0.2) is 5.78 Å². The van der Waals surface area contributed by atoms with Crippen molar-refractivity contribution in [1.82, 2.24) is 5.32 Å². The van der Waals surface area contributed by atoms with Crippen molar-refractivity contribution < 1.29 is 24.5 Å². The van der Waals surface area contributed by atoms with Gasteiger partial charge in [-0.15, -0.1) is 0 Å². The fourth-order valence-corrected chi connectivity index (χ4v) is 1.84. The van der Waals surface area contributed by atoms with Crippen molar-refractivity contribution in [2.75, 3.05) is 20.3 Å². The van der Waals surface area contributed by atoms with Crippen LogP contribution < -0.4 is 10.1 Å². The molecular weight excluding hydrogens is 274 g/mol. The lowest BCUT2D eigenvalue weighted by Crippen LogP contribution is -2.39. The molecule has 0 heterocycles. The molecule has 0 saturated carbocycles. The SMILES string of the molecule is COc1ccc(C(=O)CC(NCCCCO)C(=O)O)cc1. The molecule has 21 heavy (non-hydrogen) atoms. The molecule has 0 spiro atoms. The number of ether oxygens (including phenoxy) is 1. The van der Waals surface area contributed by atoms with Crippen LogP contribution in [0, 0.1) is 0 Å². The molecule has 1 unspecified atom stereocenters. The van der Waals surface area contributed by atoms with Crippen LogP contribution in [0.3, 0.4) is 0 Å². The van der Waals surface area contributed by atoms with Crippen LogP contribution >= 0.6 is 0 Å². The molecule has 0 radical (unpaired) electrons. The number of carboxylic acid groups (broad SMARTS) is 1. The van der Waals surface area contributed by atoms with Gasteiger partial charge < -0.3 is 20.3 Å². The van der Waals surface area contributed by atoms with E-state index in [0.29, 0.717) is 30.7 Å². The first kappa shape index (κ1) is 17.1. The van der Waals surface area contributed by atoms with Crippen molar-refractivity contribution in [3.8, 4) is 5.75 Å². The van der Waals surface area contributed by atoms with Crippen LogP contribution in [0.2, 0.25) is 0 Å². The van der Waals surface area contributed by atoms with Crippen molar-refractivity contribution in [3.05, 3.63) is 29.8 Å². The van der Waals surface area contributed by atoms with Gasteiger partial charge in [-0.05, 0) is 43.7 Å². The maximum absolute atomic E-state index is 12.1. The molecule has 6 nitrogen and oxygen atoms in total. The third-order valence-electron chi connectivity index (χ3n) is 3.08. The quantitative estimate of drug-likeness (QED) is 0.441. The molecule has 0 saturated heterocycles. The number of unbranched alkanes of at least 4 members (excludes halogenated alkanes) is 1. The Kier molecular flexibility index (Phi) is 7.42. The molecule has 3 N–H and O–H groups in total. The summed E-state index contributed by atoms with van der Waals surface area (Å²) in [5, 5.41) is 20.6. The van der Waals surface area contributed by atoms with Gasteiger partial charge >= 0.3 is 5.97 Å². The molecule has 1 atom stereocenters. The van der Waals surface area contributed by atoms with Crippen LogP contribution in [0.4, 0.5) is 0 Å². The largest absolute Gasteiger partial charge is 0.497 e. The molecule has 0 aliphatic rings. The molecule has 0 aliphatic carbocycles. The molecule has 116 valence electrons. The summed E-state index contributed by atoms with van der Waals surface area (Å²) in [5.41, 5.74) is 0.458. The minimum Gasteiger partial charge on any atom is -0.497 e. The van der Waals surface area contributed by atoms with Crippen molar-refractivity contribution in [3.63, 3.8) is 0 Å². The number of hydrogen-bond donors (Lipinski definition) is 3. The van der Waals surface area contributed by atoms with Gasteiger partial charge in [0.2, 0.25) is 0 Å². The number of aliphatic hydroxyl groups excluding tert-OH is 1. The topological polar surface area (TPSA) is 95.9 Å². The van der Waals surface area contributed by atoms with E-state index in [4.69, 9.17) is 14.9 Å². The third kappa shape index (κ3) is 5.93. The van der Waals surface area contributed by atoms with Crippen LogP contribution in [-0.2, 0) is 4.79 Å². The highest BCUT2D eigenvalue weighted by Gasteiger charge is 2.21. The van der Waals surface area contributed by atoms with Gasteiger partial charge in [0.05, 0.1) is 7.11 Å². The van der Waals surface area contributed by atoms with Crippen molar-refractivity contribution in [2.24, 2.45) is 0 Å². The fourth-order valence-electron chi connectivity index (χ4n) is 1.84. The third-order valence-corrected chi connectivity index (χ3v) is 3.08. The molecule has 0 amide bonds. The van der Waals surface area contributed by atoms with E-state index in [1.54, 1.807) is 24.3 Å². The first-order valence-electron chi connectivity index (χ1n) is 6.82. The maximum Gasteiger partial charge on any atom is 0.321 e. The minimum atomic E-state index is -1.05. The molecule has 0 bridgehead atoms. The molecule has 0 aliphatic heterocycles. The minimum absolute atomic E-state index is 0.0736. The Morgan fingerprint density at radius 2 is 1.90 bits per heavy atom. The van der Waals surface area contributed by atoms with Crippen LogP contribution in [0.5, 0.6) is 5.75 Å². The Morgan fingerprint density at radius 3 is 2.43 bits per heavy atom. The van der Waals surface area contributed by atoms with Crippen LogP contribution in [0.15, 0.2) is 24.3 Å². The smallest absolute Gasteiger partial charge is 0.321 e. The monoisotopic (exact) mass is 295 g/mol. The zero-order chi connectivity index (χ0) is 15.7. The van der Waals surface area contributed by atoms with E-state index >= 15 is 0 Å². The summed E-state index contributed by atoms with van der Waals surface area (Å²) >= 11 is 0. The average Bonchev–Trinajstić information content (AvgIpc) is 2.50. The highest BCUT2D eigenvalue weighted by atomic mass is 16.5. The number of ketones is 1. The van der Waals surface area contributed by atoms with E-state index in [-0.39, 0.29) is 18.8 Å². The zero-order valence-corrected chi connectivity index (χ0v) is 12.0. The summed E-state index contributed by atoms with van der Waals surface area (Å²) in [6.07, 6.45) is 1.16. The number of aliphatic hydroxyl groups is 1. The zero-order valence-electron chi connectivity index (χ0n) is 12.0. The molecule has 0 fully saturated rings. The second kappa shape index (κ2) is 9.10. The van der Waals surface area contributed by atoms with Gasteiger partial charge in [-0.25, -0.2) is 0 Å². The lowest BCUT2D eigenvalue weighted by molar-refractivity contribution is -0.139. The molecular formula is C15H21NO5. The van der Waals surface area contributed by atoms with Crippen molar-refractivity contribution >= 4 is 11.8 Å². The number of Topliss-reactive ketones (excluding diaryl/α,β-unsaturated/α-hetero) is 1. The summed E-state index contributed by atoms with van der Waals surface area (Å²) in [6.45, 7) is 0.525. The summed E-state index contributed by atoms with van der Waals surface area (Å²) in [4.78, 5) is 23.2. The number of carboxylic acids is 1. The average molecular weight is 295 g/mol. The summed E-state index contributed by atoms with van der Waals surface area (Å²) < 4.78 is 5.01. The van der Waals surface area contributed by atoms with Gasteiger partial charge in [-0.3, -0.25) is 9.59 Å². The number of rotatable bonds is 10. The number of benzene rings is 1. The molecule has 6 heteroatoms. The number of methoxy groups -OCH3 is 1. The van der Waals surface area contributed by atoms with Crippen LogP contribution in [0.1, 0.15) is 29.6 Å². The number of nitrogens with one attached hydrogen (secondary N) is 1. The number of hydrogen-bond acceptors (Lipinski definition) is 5. The second-order valence-electron chi connectivity index (χ2n) is 4.63. The molecule has 1 aromatic rings. The highest BCUT2D eigenvalue weighted by molar-refractivity contribution is 5.98. The maximum atomic E-state index is 12.1. The molecule has 1 rings (SSSR count). The Labute approximate surface area is 123 Å². The Bertz CT molecular complexity index is 458. The standard InChI is InChI=1S/C15H21NO5/c1-21-12-6-4-11(5-7-12)14(18)10-13(15(19)20)16-8-2-3-9-17/h4-7,13,16-17H,2-3,8-10H2,1H3,(H,19,20). The Hall–Kier alpha value is -1.92. The van der Waals surface area contributed by atoms with Gasteiger partial charge in [0.1, 0.15) is 11.8 Å². The van der Waals surface area contributed by atoms with Gasteiger partial charge in [-0.1, -0.05) is 0 Å². The fraction of sp³-hybridized carbons (Fsp3) is 0.467. The predicted molar refractivity (Wildman–Crippen MR) is 77.7 cm³/mol. The number of aliphatic carboxylic acids is 1. The highest BCUT2D eigenvalue weighted by Crippen LogP contribution is 2.13. The Balaban J connectivity index is 2.56. The normalized spacial score (nSPS) is 11.9. The van der Waals surface area contributed by atoms with E-state index in [0.717, 1.165) is 0 Å². The predicted octanol–water partition coefficient (Wildman–Crippen LogP) is 1.08. The van der Waals surface area contributed by atoms with E-state index < -0.39 is 12.0 Å². The van der Waals surface area contributed by atoms with Gasteiger partial charge in [0, 0.05) is 18.6 Å². The van der Waals surface area contributed by atoms with E-state index in [1.165, 1.54) is 7.11 Å². The van der Waals surface area contributed by atoms with E-state index in [1.807, 2.05) is 0 Å². The van der Waals surface area contributed by atoms with E-state index in [2.05, 4.69) is 5.32 Å².